The van der Waals surface area contributed by atoms with Gasteiger partial charge in [-0.15, -0.1) is 0 Å². The monoisotopic (exact) mass is 275 g/mol. The third-order valence-corrected chi connectivity index (χ3v) is 3.16. The predicted molar refractivity (Wildman–Crippen MR) is 81.6 cm³/mol. The highest BCUT2D eigenvalue weighted by Crippen LogP contribution is 2.34. The number of hydrogen-bond donors (Lipinski definition) is 0. The molecule has 0 aromatic heterocycles. The van der Waals surface area contributed by atoms with Gasteiger partial charge >= 0.3 is 0 Å². The van der Waals surface area contributed by atoms with Crippen molar-refractivity contribution >= 4 is 11.6 Å². The van der Waals surface area contributed by atoms with Crippen LogP contribution in [0.1, 0.15) is 11.1 Å². The first-order chi connectivity index (χ1) is 10.4. The van der Waals surface area contributed by atoms with Crippen molar-refractivity contribution in [3.05, 3.63) is 71.8 Å². The van der Waals surface area contributed by atoms with Crippen molar-refractivity contribution in [1.29, 1.82) is 5.26 Å². The summed E-state index contributed by atoms with van der Waals surface area (Å²) in [4.78, 5) is 0. The van der Waals surface area contributed by atoms with Crippen molar-refractivity contribution in [3.63, 3.8) is 0 Å². The van der Waals surface area contributed by atoms with Crippen molar-refractivity contribution in [3.8, 4) is 17.6 Å². The molecule has 2 aromatic carbocycles. The Morgan fingerprint density at radius 1 is 1.05 bits per heavy atom. The van der Waals surface area contributed by atoms with Gasteiger partial charge in [0.2, 0.25) is 6.79 Å². The largest absolute Gasteiger partial charge is 0.454 e. The molecule has 0 atom stereocenters. The summed E-state index contributed by atoms with van der Waals surface area (Å²) in [5, 5.41) is 9.30. The van der Waals surface area contributed by atoms with Crippen LogP contribution in [0.4, 0.5) is 0 Å². The van der Waals surface area contributed by atoms with E-state index in [1.54, 1.807) is 6.08 Å². The first-order valence-electron chi connectivity index (χ1n) is 6.60. The number of nitrogens with zero attached hydrogens (tertiary/aromatic N) is 1. The molecule has 0 fully saturated rings. The molecule has 1 aliphatic rings. The molecular weight excluding hydrogens is 262 g/mol. The molecule has 0 aliphatic carbocycles. The summed E-state index contributed by atoms with van der Waals surface area (Å²) in [6.07, 6.45) is 5.63. The third-order valence-electron chi connectivity index (χ3n) is 3.16. The van der Waals surface area contributed by atoms with Crippen LogP contribution >= 0.6 is 0 Å². The van der Waals surface area contributed by atoms with Gasteiger partial charge in [-0.05, 0) is 35.4 Å². The fraction of sp³-hybridized carbons (Fsp3) is 0.0556. The maximum Gasteiger partial charge on any atom is 0.231 e. The summed E-state index contributed by atoms with van der Waals surface area (Å²) in [7, 11) is 0. The molecule has 3 nitrogen and oxygen atoms in total. The predicted octanol–water partition coefficient (Wildman–Crippen LogP) is 4.04. The minimum absolute atomic E-state index is 0.234. The molecule has 0 amide bonds. The van der Waals surface area contributed by atoms with E-state index in [1.807, 2.05) is 60.7 Å². The van der Waals surface area contributed by atoms with Crippen LogP contribution in [0.5, 0.6) is 11.5 Å². The number of rotatable bonds is 3. The highest BCUT2D eigenvalue weighted by molar-refractivity contribution is 5.79. The van der Waals surface area contributed by atoms with Crippen LogP contribution in [0, 0.1) is 11.3 Å². The Balaban J connectivity index is 1.83. The van der Waals surface area contributed by atoms with Crippen LogP contribution in [-0.4, -0.2) is 6.79 Å². The van der Waals surface area contributed by atoms with E-state index in [9.17, 15) is 5.26 Å². The molecule has 0 spiro atoms. The molecule has 1 aliphatic heterocycles. The average Bonchev–Trinajstić information content (AvgIpc) is 3.00. The number of ether oxygens (including phenoxy) is 2. The van der Waals surface area contributed by atoms with E-state index in [0.717, 1.165) is 16.9 Å². The number of nitriles is 1. The quantitative estimate of drug-likeness (QED) is 0.627. The Kier molecular flexibility index (Phi) is 3.70. The van der Waals surface area contributed by atoms with Crippen molar-refractivity contribution in [2.45, 2.75) is 0 Å². The van der Waals surface area contributed by atoms with Gasteiger partial charge in [0.05, 0.1) is 11.6 Å². The van der Waals surface area contributed by atoms with Crippen LogP contribution in [-0.2, 0) is 0 Å². The molecule has 0 saturated carbocycles. The number of hydrogen-bond acceptors (Lipinski definition) is 3. The molecule has 21 heavy (non-hydrogen) atoms. The maximum absolute atomic E-state index is 9.30. The number of benzene rings is 2. The second-order valence-corrected chi connectivity index (χ2v) is 4.53. The SMILES string of the molecule is N#C/C(=C\C=C\c1ccccc1)c1ccc2c(c1)OCO2. The lowest BCUT2D eigenvalue weighted by Crippen LogP contribution is -1.92. The summed E-state index contributed by atoms with van der Waals surface area (Å²) in [5.41, 5.74) is 2.50. The topological polar surface area (TPSA) is 42.2 Å². The summed E-state index contributed by atoms with van der Waals surface area (Å²) in [5.74, 6) is 1.40. The van der Waals surface area contributed by atoms with Crippen molar-refractivity contribution < 1.29 is 9.47 Å². The smallest absolute Gasteiger partial charge is 0.231 e. The Morgan fingerprint density at radius 2 is 1.86 bits per heavy atom. The van der Waals surface area contributed by atoms with Gasteiger partial charge in [0.25, 0.3) is 0 Å². The molecule has 0 saturated heterocycles. The molecule has 0 unspecified atom stereocenters. The van der Waals surface area contributed by atoms with E-state index in [0.29, 0.717) is 11.3 Å². The lowest BCUT2D eigenvalue weighted by atomic mass is 10.1. The first-order valence-corrected chi connectivity index (χ1v) is 6.60. The van der Waals surface area contributed by atoms with E-state index in [-0.39, 0.29) is 6.79 Å². The Hall–Kier alpha value is -2.99. The molecule has 102 valence electrons. The molecule has 2 aromatic rings. The molecule has 0 bridgehead atoms. The molecule has 1 heterocycles. The zero-order valence-electron chi connectivity index (χ0n) is 11.3. The van der Waals surface area contributed by atoms with E-state index in [2.05, 4.69) is 6.07 Å². The Bertz CT molecular complexity index is 740. The van der Waals surface area contributed by atoms with Crippen molar-refractivity contribution in [2.75, 3.05) is 6.79 Å². The normalized spacial score (nSPS) is 13.4. The van der Waals surface area contributed by atoms with Gasteiger partial charge in [0.15, 0.2) is 11.5 Å². The van der Waals surface area contributed by atoms with E-state index >= 15 is 0 Å². The molecule has 3 heteroatoms. The van der Waals surface area contributed by atoms with E-state index in [4.69, 9.17) is 9.47 Å². The van der Waals surface area contributed by atoms with Gasteiger partial charge in [-0.3, -0.25) is 0 Å². The highest BCUT2D eigenvalue weighted by atomic mass is 16.7. The van der Waals surface area contributed by atoms with Crippen LogP contribution in [0.25, 0.3) is 11.6 Å². The van der Waals surface area contributed by atoms with Gasteiger partial charge < -0.3 is 9.47 Å². The first kappa shape index (κ1) is 13.0. The van der Waals surface area contributed by atoms with Gasteiger partial charge in [0, 0.05) is 0 Å². The zero-order chi connectivity index (χ0) is 14.5. The van der Waals surface area contributed by atoms with E-state index in [1.165, 1.54) is 0 Å². The molecule has 3 rings (SSSR count). The van der Waals surface area contributed by atoms with Crippen LogP contribution in [0.2, 0.25) is 0 Å². The number of fused-ring (bicyclic) bond motifs is 1. The van der Waals surface area contributed by atoms with Crippen LogP contribution in [0.3, 0.4) is 0 Å². The van der Waals surface area contributed by atoms with Crippen molar-refractivity contribution in [2.24, 2.45) is 0 Å². The van der Waals surface area contributed by atoms with Crippen LogP contribution in [0.15, 0.2) is 60.7 Å². The Labute approximate surface area is 123 Å². The van der Waals surface area contributed by atoms with Gasteiger partial charge in [-0.2, -0.15) is 5.26 Å². The minimum Gasteiger partial charge on any atom is -0.454 e. The average molecular weight is 275 g/mol. The lowest BCUT2D eigenvalue weighted by molar-refractivity contribution is 0.174. The fourth-order valence-corrected chi connectivity index (χ4v) is 2.08. The summed E-state index contributed by atoms with van der Waals surface area (Å²) >= 11 is 0. The standard InChI is InChI=1S/C18H13NO2/c19-12-16(8-4-7-14-5-2-1-3-6-14)15-9-10-17-18(11-15)21-13-20-17/h1-11H,13H2/b7-4+,16-8+. The summed E-state index contributed by atoms with van der Waals surface area (Å²) in [6.45, 7) is 0.234. The number of allylic oxidation sites excluding steroid dienone is 3. The molecular formula is C18H13NO2. The third kappa shape index (κ3) is 2.96. The van der Waals surface area contributed by atoms with Gasteiger partial charge in [-0.1, -0.05) is 42.5 Å². The van der Waals surface area contributed by atoms with Gasteiger partial charge in [-0.25, -0.2) is 0 Å². The van der Waals surface area contributed by atoms with Gasteiger partial charge in [0.1, 0.15) is 0 Å². The van der Waals surface area contributed by atoms with E-state index < -0.39 is 0 Å². The minimum atomic E-state index is 0.234. The molecule has 0 N–H and O–H groups in total. The summed E-state index contributed by atoms with van der Waals surface area (Å²) in [6, 6.07) is 17.7. The second-order valence-electron chi connectivity index (χ2n) is 4.53. The Morgan fingerprint density at radius 3 is 2.67 bits per heavy atom. The van der Waals surface area contributed by atoms with Crippen molar-refractivity contribution in [1.82, 2.24) is 0 Å². The lowest BCUT2D eigenvalue weighted by Gasteiger charge is -2.00. The summed E-state index contributed by atoms with van der Waals surface area (Å²) < 4.78 is 10.6. The maximum atomic E-state index is 9.30. The van der Waals surface area contributed by atoms with Crippen LogP contribution < -0.4 is 9.47 Å². The second kappa shape index (κ2) is 5.98. The molecule has 0 radical (unpaired) electrons. The fourth-order valence-electron chi connectivity index (χ4n) is 2.08. The zero-order valence-corrected chi connectivity index (χ0v) is 11.3. The highest BCUT2D eigenvalue weighted by Gasteiger charge is 2.14.